The summed E-state index contributed by atoms with van der Waals surface area (Å²) in [6.07, 6.45) is 1.86. The monoisotopic (exact) mass is 485 g/mol. The van der Waals surface area contributed by atoms with Gasteiger partial charge in [-0.1, -0.05) is 44.2 Å². The number of aryl methyl sites for hydroxylation is 1. The SMILES string of the molecule is COc1ccc(C(=O)Nc2ccc(C(C)(C)CNC(=O)c3cn(C)c4ccccc34)cc2)cc1OC. The van der Waals surface area contributed by atoms with E-state index in [1.54, 1.807) is 25.3 Å². The largest absolute Gasteiger partial charge is 0.493 e. The number of amides is 2. The van der Waals surface area contributed by atoms with E-state index >= 15 is 0 Å². The molecule has 7 nitrogen and oxygen atoms in total. The maximum absolute atomic E-state index is 13.0. The molecule has 2 amide bonds. The Morgan fingerprint density at radius 1 is 0.889 bits per heavy atom. The number of methoxy groups -OCH3 is 2. The van der Waals surface area contributed by atoms with Gasteiger partial charge in [0, 0.05) is 47.4 Å². The van der Waals surface area contributed by atoms with Gasteiger partial charge in [-0.3, -0.25) is 9.59 Å². The number of anilines is 1. The van der Waals surface area contributed by atoms with Crippen LogP contribution in [0.25, 0.3) is 10.9 Å². The summed E-state index contributed by atoms with van der Waals surface area (Å²) in [5.74, 6) is 0.713. The van der Waals surface area contributed by atoms with Crippen LogP contribution < -0.4 is 20.1 Å². The van der Waals surface area contributed by atoms with Crippen LogP contribution in [0.15, 0.2) is 72.9 Å². The number of para-hydroxylation sites is 1. The molecular formula is C29H31N3O4. The summed E-state index contributed by atoms with van der Waals surface area (Å²) in [4.78, 5) is 25.7. The Morgan fingerprint density at radius 3 is 2.28 bits per heavy atom. The van der Waals surface area contributed by atoms with Crippen molar-refractivity contribution in [2.24, 2.45) is 7.05 Å². The minimum atomic E-state index is -0.313. The first kappa shape index (κ1) is 24.9. The first-order valence-corrected chi connectivity index (χ1v) is 11.7. The average molecular weight is 486 g/mol. The number of carbonyl (C=O) groups is 2. The number of ether oxygens (including phenoxy) is 2. The minimum Gasteiger partial charge on any atom is -0.493 e. The highest BCUT2D eigenvalue weighted by molar-refractivity contribution is 6.07. The summed E-state index contributed by atoms with van der Waals surface area (Å²) in [6.45, 7) is 4.62. The molecule has 0 saturated heterocycles. The van der Waals surface area contributed by atoms with Gasteiger partial charge < -0.3 is 24.7 Å². The van der Waals surface area contributed by atoms with Crippen molar-refractivity contribution >= 4 is 28.4 Å². The highest BCUT2D eigenvalue weighted by Gasteiger charge is 2.23. The number of aromatic nitrogens is 1. The van der Waals surface area contributed by atoms with E-state index < -0.39 is 0 Å². The van der Waals surface area contributed by atoms with Crippen molar-refractivity contribution in [2.75, 3.05) is 26.1 Å². The highest BCUT2D eigenvalue weighted by Crippen LogP contribution is 2.29. The predicted molar refractivity (Wildman–Crippen MR) is 142 cm³/mol. The lowest BCUT2D eigenvalue weighted by molar-refractivity contribution is 0.0946. The van der Waals surface area contributed by atoms with Crippen LogP contribution in [0.4, 0.5) is 5.69 Å². The molecule has 0 fully saturated rings. The van der Waals surface area contributed by atoms with Gasteiger partial charge in [0.1, 0.15) is 0 Å². The van der Waals surface area contributed by atoms with Crippen molar-refractivity contribution in [3.05, 3.63) is 89.6 Å². The van der Waals surface area contributed by atoms with Gasteiger partial charge in [0.05, 0.1) is 19.8 Å². The standard InChI is InChI=1S/C29H31N3O4/c1-29(2,18-30-28(34)23-17-32(3)24-9-7-6-8-22(23)24)20-11-13-21(14-12-20)31-27(33)19-10-15-25(35-4)26(16-19)36-5/h6-17H,18H2,1-5H3,(H,30,34)(H,31,33). The lowest BCUT2D eigenvalue weighted by Gasteiger charge is -2.26. The van der Waals surface area contributed by atoms with Crippen LogP contribution in [-0.4, -0.2) is 37.1 Å². The average Bonchev–Trinajstić information content (AvgIpc) is 3.23. The number of fused-ring (bicyclic) bond motifs is 1. The maximum atomic E-state index is 13.0. The molecule has 0 aliphatic carbocycles. The number of carbonyl (C=O) groups excluding carboxylic acids is 2. The Labute approximate surface area is 211 Å². The Morgan fingerprint density at radius 2 is 1.58 bits per heavy atom. The molecule has 36 heavy (non-hydrogen) atoms. The lowest BCUT2D eigenvalue weighted by atomic mass is 9.84. The van der Waals surface area contributed by atoms with Crippen LogP contribution in [0.5, 0.6) is 11.5 Å². The molecule has 1 heterocycles. The van der Waals surface area contributed by atoms with E-state index in [2.05, 4.69) is 24.5 Å². The molecule has 0 unspecified atom stereocenters. The molecule has 4 aromatic rings. The molecule has 0 spiro atoms. The van der Waals surface area contributed by atoms with Crippen molar-refractivity contribution < 1.29 is 19.1 Å². The molecule has 0 aliphatic rings. The van der Waals surface area contributed by atoms with Crippen LogP contribution in [-0.2, 0) is 12.5 Å². The summed E-state index contributed by atoms with van der Waals surface area (Å²) < 4.78 is 12.5. The molecular weight excluding hydrogens is 454 g/mol. The zero-order chi connectivity index (χ0) is 25.9. The number of rotatable bonds is 8. The van der Waals surface area contributed by atoms with E-state index in [0.29, 0.717) is 34.9 Å². The van der Waals surface area contributed by atoms with E-state index in [1.807, 2.05) is 66.3 Å². The van der Waals surface area contributed by atoms with E-state index in [0.717, 1.165) is 16.5 Å². The van der Waals surface area contributed by atoms with Gasteiger partial charge in [0.15, 0.2) is 11.5 Å². The Bertz CT molecular complexity index is 1400. The molecule has 4 rings (SSSR count). The molecule has 0 atom stereocenters. The third kappa shape index (κ3) is 5.05. The third-order valence-electron chi connectivity index (χ3n) is 6.40. The molecule has 0 bridgehead atoms. The zero-order valence-electron chi connectivity index (χ0n) is 21.2. The first-order chi connectivity index (χ1) is 17.2. The van der Waals surface area contributed by atoms with Crippen molar-refractivity contribution in [3.8, 4) is 11.5 Å². The van der Waals surface area contributed by atoms with Gasteiger partial charge in [-0.05, 0) is 42.0 Å². The van der Waals surface area contributed by atoms with E-state index in [1.165, 1.54) is 7.11 Å². The van der Waals surface area contributed by atoms with Crippen LogP contribution >= 0.6 is 0 Å². The van der Waals surface area contributed by atoms with Gasteiger partial charge in [0.25, 0.3) is 11.8 Å². The Hall–Kier alpha value is -4.26. The number of hydrogen-bond donors (Lipinski definition) is 2. The van der Waals surface area contributed by atoms with Gasteiger partial charge in [0.2, 0.25) is 0 Å². The van der Waals surface area contributed by atoms with Gasteiger partial charge >= 0.3 is 0 Å². The quantitative estimate of drug-likeness (QED) is 0.361. The normalized spacial score (nSPS) is 11.2. The Kier molecular flexibility index (Phi) is 7.01. The molecule has 7 heteroatoms. The number of hydrogen-bond acceptors (Lipinski definition) is 4. The summed E-state index contributed by atoms with van der Waals surface area (Å²) in [5, 5.41) is 6.93. The summed E-state index contributed by atoms with van der Waals surface area (Å²) >= 11 is 0. The molecule has 0 aliphatic heterocycles. The van der Waals surface area contributed by atoms with Crippen molar-refractivity contribution in [1.29, 1.82) is 0 Å². The molecule has 3 aromatic carbocycles. The van der Waals surface area contributed by atoms with Crippen LogP contribution in [0, 0.1) is 0 Å². The van der Waals surface area contributed by atoms with E-state index in [4.69, 9.17) is 9.47 Å². The summed E-state index contributed by atoms with van der Waals surface area (Å²) in [6, 6.07) is 20.6. The van der Waals surface area contributed by atoms with E-state index in [-0.39, 0.29) is 17.2 Å². The van der Waals surface area contributed by atoms with Crippen LogP contribution in [0.2, 0.25) is 0 Å². The number of nitrogens with zero attached hydrogens (tertiary/aromatic N) is 1. The number of benzene rings is 3. The maximum Gasteiger partial charge on any atom is 0.255 e. The zero-order valence-corrected chi connectivity index (χ0v) is 21.2. The summed E-state index contributed by atoms with van der Waals surface area (Å²) in [7, 11) is 5.02. The highest BCUT2D eigenvalue weighted by atomic mass is 16.5. The Balaban J connectivity index is 1.41. The second-order valence-corrected chi connectivity index (χ2v) is 9.34. The molecule has 1 aromatic heterocycles. The second kappa shape index (κ2) is 10.2. The second-order valence-electron chi connectivity index (χ2n) is 9.34. The van der Waals surface area contributed by atoms with E-state index in [9.17, 15) is 9.59 Å². The molecule has 0 saturated carbocycles. The minimum absolute atomic E-state index is 0.0984. The van der Waals surface area contributed by atoms with Gasteiger partial charge in [-0.25, -0.2) is 0 Å². The molecule has 2 N–H and O–H groups in total. The molecule has 186 valence electrons. The lowest BCUT2D eigenvalue weighted by Crippen LogP contribution is -2.36. The molecule has 0 radical (unpaired) electrons. The van der Waals surface area contributed by atoms with Gasteiger partial charge in [-0.15, -0.1) is 0 Å². The number of nitrogens with one attached hydrogen (secondary N) is 2. The topological polar surface area (TPSA) is 81.6 Å². The first-order valence-electron chi connectivity index (χ1n) is 11.7. The smallest absolute Gasteiger partial charge is 0.255 e. The summed E-state index contributed by atoms with van der Waals surface area (Å²) in [5.41, 5.74) is 3.56. The predicted octanol–water partition coefficient (Wildman–Crippen LogP) is 5.16. The van der Waals surface area contributed by atoms with Gasteiger partial charge in [-0.2, -0.15) is 0 Å². The fourth-order valence-corrected chi connectivity index (χ4v) is 4.21. The van der Waals surface area contributed by atoms with Crippen LogP contribution in [0.3, 0.4) is 0 Å². The van der Waals surface area contributed by atoms with Crippen molar-refractivity contribution in [2.45, 2.75) is 19.3 Å². The fraction of sp³-hybridized carbons (Fsp3) is 0.241. The van der Waals surface area contributed by atoms with Crippen molar-refractivity contribution in [3.63, 3.8) is 0 Å². The van der Waals surface area contributed by atoms with Crippen molar-refractivity contribution in [1.82, 2.24) is 9.88 Å². The fourth-order valence-electron chi connectivity index (χ4n) is 4.21. The van der Waals surface area contributed by atoms with Crippen LogP contribution in [0.1, 0.15) is 40.1 Å². The third-order valence-corrected chi connectivity index (χ3v) is 6.40.